The van der Waals surface area contributed by atoms with Crippen molar-refractivity contribution < 1.29 is 0 Å². The Hall–Kier alpha value is -0.520. The van der Waals surface area contributed by atoms with Crippen LogP contribution in [0.25, 0.3) is 0 Å². The SMILES string of the molecule is C=CC[C](CC=C)C1CCCC1. The van der Waals surface area contributed by atoms with Crippen LogP contribution in [0, 0.1) is 11.8 Å². The molecule has 1 fully saturated rings. The average Bonchev–Trinajstić information content (AvgIpc) is 2.56. The van der Waals surface area contributed by atoms with Crippen molar-refractivity contribution in [3.8, 4) is 0 Å². The zero-order valence-corrected chi connectivity index (χ0v) is 7.89. The first-order valence-electron chi connectivity index (χ1n) is 4.95. The summed E-state index contributed by atoms with van der Waals surface area (Å²) in [5.41, 5.74) is 0. The van der Waals surface area contributed by atoms with E-state index < -0.39 is 0 Å². The fraction of sp³-hybridized carbons (Fsp3) is 0.583. The summed E-state index contributed by atoms with van der Waals surface area (Å²) in [5, 5.41) is 0. The Labute approximate surface area is 76.4 Å². The quantitative estimate of drug-likeness (QED) is 0.539. The van der Waals surface area contributed by atoms with Crippen molar-refractivity contribution in [3.05, 3.63) is 31.2 Å². The Balaban J connectivity index is 2.38. The van der Waals surface area contributed by atoms with Crippen LogP contribution >= 0.6 is 0 Å². The lowest BCUT2D eigenvalue weighted by Gasteiger charge is -2.19. The van der Waals surface area contributed by atoms with E-state index in [2.05, 4.69) is 13.2 Å². The second kappa shape index (κ2) is 5.18. The first kappa shape index (κ1) is 9.57. The van der Waals surface area contributed by atoms with Crippen LogP contribution in [-0.2, 0) is 0 Å². The van der Waals surface area contributed by atoms with Gasteiger partial charge in [-0.2, -0.15) is 0 Å². The van der Waals surface area contributed by atoms with E-state index in [-0.39, 0.29) is 0 Å². The van der Waals surface area contributed by atoms with Gasteiger partial charge in [0.05, 0.1) is 0 Å². The fourth-order valence-corrected chi connectivity index (χ4v) is 2.12. The molecule has 1 aliphatic carbocycles. The second-order valence-electron chi connectivity index (χ2n) is 3.63. The summed E-state index contributed by atoms with van der Waals surface area (Å²) in [6.07, 6.45) is 11.9. The van der Waals surface area contributed by atoms with E-state index >= 15 is 0 Å². The predicted octanol–water partition coefficient (Wildman–Crippen LogP) is 3.90. The van der Waals surface area contributed by atoms with Crippen molar-refractivity contribution in [2.24, 2.45) is 5.92 Å². The van der Waals surface area contributed by atoms with Gasteiger partial charge in [0.25, 0.3) is 0 Å². The molecule has 1 radical (unpaired) electrons. The maximum Gasteiger partial charge on any atom is -0.0135 e. The van der Waals surface area contributed by atoms with Crippen LogP contribution in [0.15, 0.2) is 25.3 Å². The molecule has 0 N–H and O–H groups in total. The summed E-state index contributed by atoms with van der Waals surface area (Å²) >= 11 is 0. The van der Waals surface area contributed by atoms with E-state index in [1.54, 1.807) is 5.92 Å². The first-order chi connectivity index (χ1) is 5.88. The minimum absolute atomic E-state index is 0.876. The fourth-order valence-electron chi connectivity index (χ4n) is 2.12. The molecule has 0 heterocycles. The smallest absolute Gasteiger partial charge is 0.0135 e. The molecule has 0 atom stereocenters. The molecule has 0 amide bonds. The second-order valence-corrected chi connectivity index (χ2v) is 3.63. The van der Waals surface area contributed by atoms with E-state index in [1.165, 1.54) is 25.7 Å². The number of rotatable bonds is 5. The molecule has 1 rings (SSSR count). The lowest BCUT2D eigenvalue weighted by atomic mass is 9.86. The number of hydrogen-bond donors (Lipinski definition) is 0. The average molecular weight is 163 g/mol. The molecule has 0 unspecified atom stereocenters. The van der Waals surface area contributed by atoms with Gasteiger partial charge in [0, 0.05) is 0 Å². The van der Waals surface area contributed by atoms with E-state index in [0.29, 0.717) is 0 Å². The van der Waals surface area contributed by atoms with Crippen LogP contribution < -0.4 is 0 Å². The Kier molecular flexibility index (Phi) is 4.13. The molecule has 1 saturated carbocycles. The summed E-state index contributed by atoms with van der Waals surface area (Å²) in [6, 6.07) is 0. The third-order valence-corrected chi connectivity index (χ3v) is 2.75. The highest BCUT2D eigenvalue weighted by Gasteiger charge is 2.23. The lowest BCUT2D eigenvalue weighted by molar-refractivity contribution is 0.533. The molecule has 0 nitrogen and oxygen atoms in total. The third kappa shape index (κ3) is 2.51. The van der Waals surface area contributed by atoms with Gasteiger partial charge in [-0.3, -0.25) is 0 Å². The van der Waals surface area contributed by atoms with Crippen molar-refractivity contribution in [2.75, 3.05) is 0 Å². The Morgan fingerprint density at radius 2 is 1.58 bits per heavy atom. The standard InChI is InChI=1S/C12H19/c1-3-7-11(8-4-2)12-9-5-6-10-12/h3-4,12H,1-2,5-10H2. The Morgan fingerprint density at radius 3 is 2.00 bits per heavy atom. The summed E-state index contributed by atoms with van der Waals surface area (Å²) in [7, 11) is 0. The molecule has 67 valence electrons. The molecule has 0 heteroatoms. The minimum atomic E-state index is 0.876. The normalized spacial score (nSPS) is 18.4. The molecular weight excluding hydrogens is 144 g/mol. The minimum Gasteiger partial charge on any atom is -0.103 e. The molecule has 1 aliphatic rings. The molecule has 0 aromatic rings. The van der Waals surface area contributed by atoms with Crippen LogP contribution in [0.2, 0.25) is 0 Å². The maximum atomic E-state index is 3.80. The lowest BCUT2D eigenvalue weighted by Crippen LogP contribution is -2.07. The first-order valence-corrected chi connectivity index (χ1v) is 4.95. The van der Waals surface area contributed by atoms with Crippen molar-refractivity contribution in [3.63, 3.8) is 0 Å². The zero-order chi connectivity index (χ0) is 8.81. The van der Waals surface area contributed by atoms with E-state index in [4.69, 9.17) is 0 Å². The van der Waals surface area contributed by atoms with Gasteiger partial charge in [-0.15, -0.1) is 13.2 Å². The molecule has 0 bridgehead atoms. The highest BCUT2D eigenvalue weighted by molar-refractivity contribution is 5.05. The summed E-state index contributed by atoms with van der Waals surface area (Å²) in [5.74, 6) is 2.53. The largest absolute Gasteiger partial charge is 0.103 e. The van der Waals surface area contributed by atoms with Crippen molar-refractivity contribution >= 4 is 0 Å². The Bertz CT molecular complexity index is 130. The highest BCUT2D eigenvalue weighted by atomic mass is 14.3. The van der Waals surface area contributed by atoms with Gasteiger partial charge in [0.2, 0.25) is 0 Å². The summed E-state index contributed by atoms with van der Waals surface area (Å²) < 4.78 is 0. The van der Waals surface area contributed by atoms with Crippen LogP contribution in [0.3, 0.4) is 0 Å². The molecule has 12 heavy (non-hydrogen) atoms. The van der Waals surface area contributed by atoms with Crippen molar-refractivity contribution in [1.29, 1.82) is 0 Å². The Morgan fingerprint density at radius 1 is 1.08 bits per heavy atom. The van der Waals surface area contributed by atoms with Crippen LogP contribution in [0.5, 0.6) is 0 Å². The van der Waals surface area contributed by atoms with Gasteiger partial charge in [-0.05, 0) is 37.5 Å². The van der Waals surface area contributed by atoms with Gasteiger partial charge in [0.1, 0.15) is 0 Å². The van der Waals surface area contributed by atoms with Gasteiger partial charge < -0.3 is 0 Å². The molecule has 0 aromatic carbocycles. The summed E-state index contributed by atoms with van der Waals surface area (Å²) in [6.45, 7) is 7.60. The van der Waals surface area contributed by atoms with Crippen molar-refractivity contribution in [2.45, 2.75) is 38.5 Å². The third-order valence-electron chi connectivity index (χ3n) is 2.75. The van der Waals surface area contributed by atoms with E-state index in [0.717, 1.165) is 18.8 Å². The molecule has 0 spiro atoms. The van der Waals surface area contributed by atoms with Crippen LogP contribution in [-0.4, -0.2) is 0 Å². The molecular formula is C12H19. The van der Waals surface area contributed by atoms with Crippen molar-refractivity contribution in [1.82, 2.24) is 0 Å². The maximum absolute atomic E-state index is 3.80. The predicted molar refractivity (Wildman–Crippen MR) is 54.8 cm³/mol. The number of allylic oxidation sites excluding steroid dienone is 2. The van der Waals surface area contributed by atoms with Gasteiger partial charge in [-0.25, -0.2) is 0 Å². The number of hydrogen-bond acceptors (Lipinski definition) is 0. The topological polar surface area (TPSA) is 0 Å². The highest BCUT2D eigenvalue weighted by Crippen LogP contribution is 2.36. The molecule has 0 saturated heterocycles. The van der Waals surface area contributed by atoms with Gasteiger partial charge in [-0.1, -0.05) is 25.0 Å². The van der Waals surface area contributed by atoms with E-state index in [1.807, 2.05) is 12.2 Å². The molecule has 0 aromatic heterocycles. The van der Waals surface area contributed by atoms with E-state index in [9.17, 15) is 0 Å². The zero-order valence-electron chi connectivity index (χ0n) is 7.89. The summed E-state index contributed by atoms with van der Waals surface area (Å²) in [4.78, 5) is 0. The molecule has 0 aliphatic heterocycles. The van der Waals surface area contributed by atoms with Gasteiger partial charge >= 0.3 is 0 Å². The monoisotopic (exact) mass is 163 g/mol. The van der Waals surface area contributed by atoms with Crippen LogP contribution in [0.1, 0.15) is 38.5 Å². The van der Waals surface area contributed by atoms with Gasteiger partial charge in [0.15, 0.2) is 0 Å². The van der Waals surface area contributed by atoms with Crippen LogP contribution in [0.4, 0.5) is 0 Å².